The Balaban J connectivity index is 1.48. The summed E-state index contributed by atoms with van der Waals surface area (Å²) in [7, 11) is 1.61. The first-order valence-corrected chi connectivity index (χ1v) is 10.3. The second-order valence-corrected chi connectivity index (χ2v) is 7.90. The number of carbonyl (C=O) groups excluding carboxylic acids is 1. The van der Waals surface area contributed by atoms with E-state index in [0.717, 1.165) is 42.8 Å². The Labute approximate surface area is 176 Å². The van der Waals surface area contributed by atoms with Gasteiger partial charge in [-0.25, -0.2) is 9.37 Å². The minimum absolute atomic E-state index is 0.0190. The standard InChI is InChI=1S/C24H26FN3O2/c1-17-14-28(16-26-17)22-10-7-20(13-23(22)30-2)24(29)27-11-3-4-19(15-27)12-18-5-8-21(25)9-6-18/h5-10,13-14,16,19H,3-4,11-12,15H2,1-2H3. The number of hydrogen-bond donors (Lipinski definition) is 0. The van der Waals surface area contributed by atoms with Crippen LogP contribution in [0, 0.1) is 18.7 Å². The van der Waals surface area contributed by atoms with Crippen molar-refractivity contribution in [3.05, 3.63) is 77.6 Å². The van der Waals surface area contributed by atoms with E-state index in [1.165, 1.54) is 12.1 Å². The van der Waals surface area contributed by atoms with Gasteiger partial charge in [-0.1, -0.05) is 12.1 Å². The van der Waals surface area contributed by atoms with Crippen LogP contribution in [-0.4, -0.2) is 40.6 Å². The van der Waals surface area contributed by atoms with E-state index >= 15 is 0 Å². The molecule has 2 aromatic carbocycles. The maximum Gasteiger partial charge on any atom is 0.253 e. The van der Waals surface area contributed by atoms with Gasteiger partial charge in [0.1, 0.15) is 11.6 Å². The van der Waals surface area contributed by atoms with E-state index in [-0.39, 0.29) is 11.7 Å². The Hall–Kier alpha value is -3.15. The molecular formula is C24H26FN3O2. The monoisotopic (exact) mass is 407 g/mol. The summed E-state index contributed by atoms with van der Waals surface area (Å²) in [6, 6.07) is 12.2. The molecule has 5 nitrogen and oxygen atoms in total. The van der Waals surface area contributed by atoms with Gasteiger partial charge in [0, 0.05) is 24.8 Å². The molecule has 4 rings (SSSR count). The predicted octanol–water partition coefficient (Wildman–Crippen LogP) is 4.42. The number of aromatic nitrogens is 2. The van der Waals surface area contributed by atoms with Crippen LogP contribution in [0.5, 0.6) is 5.75 Å². The number of piperidine rings is 1. The minimum atomic E-state index is -0.220. The van der Waals surface area contributed by atoms with Crippen LogP contribution in [-0.2, 0) is 6.42 Å². The predicted molar refractivity (Wildman–Crippen MR) is 114 cm³/mol. The number of methoxy groups -OCH3 is 1. The van der Waals surface area contributed by atoms with Gasteiger partial charge < -0.3 is 14.2 Å². The summed E-state index contributed by atoms with van der Waals surface area (Å²) in [4.78, 5) is 19.3. The number of benzene rings is 2. The Morgan fingerprint density at radius 3 is 2.73 bits per heavy atom. The lowest BCUT2D eigenvalue weighted by molar-refractivity contribution is 0.0673. The second kappa shape index (κ2) is 8.69. The summed E-state index contributed by atoms with van der Waals surface area (Å²) in [5.41, 5.74) is 3.49. The van der Waals surface area contributed by atoms with Gasteiger partial charge in [0.15, 0.2) is 0 Å². The lowest BCUT2D eigenvalue weighted by Gasteiger charge is -2.33. The molecule has 2 heterocycles. The lowest BCUT2D eigenvalue weighted by Crippen LogP contribution is -2.40. The van der Waals surface area contributed by atoms with Crippen LogP contribution >= 0.6 is 0 Å². The van der Waals surface area contributed by atoms with Gasteiger partial charge in [-0.3, -0.25) is 4.79 Å². The average molecular weight is 407 g/mol. The molecule has 0 spiro atoms. The maximum atomic E-state index is 13.2. The van der Waals surface area contributed by atoms with Crippen molar-refractivity contribution in [1.82, 2.24) is 14.5 Å². The van der Waals surface area contributed by atoms with Gasteiger partial charge in [-0.15, -0.1) is 0 Å². The molecule has 1 unspecified atom stereocenters. The molecule has 1 atom stereocenters. The first-order valence-electron chi connectivity index (χ1n) is 10.3. The lowest BCUT2D eigenvalue weighted by atomic mass is 9.91. The summed E-state index contributed by atoms with van der Waals surface area (Å²) < 4.78 is 20.6. The number of amides is 1. The molecule has 1 aromatic heterocycles. The molecule has 0 aliphatic carbocycles. The third-order valence-corrected chi connectivity index (χ3v) is 5.66. The highest BCUT2D eigenvalue weighted by Crippen LogP contribution is 2.27. The van der Waals surface area contributed by atoms with Crippen molar-refractivity contribution >= 4 is 5.91 Å². The van der Waals surface area contributed by atoms with Crippen molar-refractivity contribution in [2.24, 2.45) is 5.92 Å². The SMILES string of the molecule is COc1cc(C(=O)N2CCCC(Cc3ccc(F)cc3)C2)ccc1-n1cnc(C)c1. The number of nitrogens with zero attached hydrogens (tertiary/aromatic N) is 3. The molecule has 6 heteroatoms. The molecule has 1 fully saturated rings. The zero-order valence-corrected chi connectivity index (χ0v) is 17.3. The maximum absolute atomic E-state index is 13.2. The van der Waals surface area contributed by atoms with Crippen LogP contribution in [0.15, 0.2) is 55.0 Å². The number of hydrogen-bond acceptors (Lipinski definition) is 3. The average Bonchev–Trinajstić information content (AvgIpc) is 3.20. The normalized spacial score (nSPS) is 16.5. The molecule has 156 valence electrons. The highest BCUT2D eigenvalue weighted by molar-refractivity contribution is 5.95. The minimum Gasteiger partial charge on any atom is -0.495 e. The van der Waals surface area contributed by atoms with Gasteiger partial charge in [0.25, 0.3) is 5.91 Å². The molecule has 0 radical (unpaired) electrons. The Morgan fingerprint density at radius 1 is 1.23 bits per heavy atom. The smallest absolute Gasteiger partial charge is 0.253 e. The molecule has 0 saturated carbocycles. The molecule has 0 N–H and O–H groups in total. The van der Waals surface area contributed by atoms with E-state index in [9.17, 15) is 9.18 Å². The highest BCUT2D eigenvalue weighted by Gasteiger charge is 2.25. The van der Waals surface area contributed by atoms with Crippen LogP contribution in [0.25, 0.3) is 5.69 Å². The van der Waals surface area contributed by atoms with Gasteiger partial charge in [-0.05, 0) is 68.0 Å². The Bertz CT molecular complexity index is 1030. The van der Waals surface area contributed by atoms with Crippen molar-refractivity contribution in [2.75, 3.05) is 20.2 Å². The number of rotatable bonds is 5. The zero-order chi connectivity index (χ0) is 21.1. The molecule has 1 amide bonds. The second-order valence-electron chi connectivity index (χ2n) is 7.90. The van der Waals surface area contributed by atoms with Gasteiger partial charge in [0.2, 0.25) is 0 Å². The third-order valence-electron chi connectivity index (χ3n) is 5.66. The number of likely N-dealkylation sites (tertiary alicyclic amines) is 1. The van der Waals surface area contributed by atoms with Crippen molar-refractivity contribution < 1.29 is 13.9 Å². The number of imidazole rings is 1. The van der Waals surface area contributed by atoms with E-state index in [1.54, 1.807) is 19.5 Å². The summed E-state index contributed by atoms with van der Waals surface area (Å²) in [6.07, 6.45) is 6.56. The van der Waals surface area contributed by atoms with Crippen molar-refractivity contribution in [1.29, 1.82) is 0 Å². The molecular weight excluding hydrogens is 381 g/mol. The fourth-order valence-corrected chi connectivity index (χ4v) is 4.13. The third kappa shape index (κ3) is 4.37. The summed E-state index contributed by atoms with van der Waals surface area (Å²) >= 11 is 0. The summed E-state index contributed by atoms with van der Waals surface area (Å²) in [5, 5.41) is 0. The van der Waals surface area contributed by atoms with Gasteiger partial charge in [0.05, 0.1) is 24.8 Å². The van der Waals surface area contributed by atoms with Crippen molar-refractivity contribution in [2.45, 2.75) is 26.2 Å². The number of halogens is 1. The number of ether oxygens (including phenoxy) is 1. The first kappa shape index (κ1) is 20.1. The Kier molecular flexibility index (Phi) is 5.84. The van der Waals surface area contributed by atoms with E-state index < -0.39 is 0 Å². The highest BCUT2D eigenvalue weighted by atomic mass is 19.1. The summed E-state index contributed by atoms with van der Waals surface area (Å²) in [5.74, 6) is 0.814. The zero-order valence-electron chi connectivity index (χ0n) is 17.3. The van der Waals surface area contributed by atoms with E-state index in [1.807, 2.05) is 46.9 Å². The van der Waals surface area contributed by atoms with Crippen LogP contribution in [0.1, 0.15) is 34.5 Å². The molecule has 1 aliphatic heterocycles. The van der Waals surface area contributed by atoms with Crippen LogP contribution in [0.2, 0.25) is 0 Å². The summed E-state index contributed by atoms with van der Waals surface area (Å²) in [6.45, 7) is 3.39. The van der Waals surface area contributed by atoms with Crippen molar-refractivity contribution in [3.63, 3.8) is 0 Å². The van der Waals surface area contributed by atoms with E-state index in [2.05, 4.69) is 4.98 Å². The quantitative estimate of drug-likeness (QED) is 0.629. The van der Waals surface area contributed by atoms with Crippen LogP contribution in [0.3, 0.4) is 0 Å². The Morgan fingerprint density at radius 2 is 2.03 bits per heavy atom. The van der Waals surface area contributed by atoms with E-state index in [4.69, 9.17) is 4.74 Å². The van der Waals surface area contributed by atoms with Crippen LogP contribution in [0.4, 0.5) is 4.39 Å². The van der Waals surface area contributed by atoms with Gasteiger partial charge in [-0.2, -0.15) is 0 Å². The van der Waals surface area contributed by atoms with Gasteiger partial charge >= 0.3 is 0 Å². The number of aryl methyl sites for hydroxylation is 1. The molecule has 3 aromatic rings. The number of carbonyl (C=O) groups is 1. The van der Waals surface area contributed by atoms with E-state index in [0.29, 0.717) is 23.8 Å². The fraction of sp³-hybridized carbons (Fsp3) is 0.333. The molecule has 30 heavy (non-hydrogen) atoms. The molecule has 0 bridgehead atoms. The first-order chi connectivity index (χ1) is 14.5. The largest absolute Gasteiger partial charge is 0.495 e. The molecule has 1 aliphatic rings. The van der Waals surface area contributed by atoms with Crippen LogP contribution < -0.4 is 4.74 Å². The van der Waals surface area contributed by atoms with Crippen molar-refractivity contribution in [3.8, 4) is 11.4 Å². The fourth-order valence-electron chi connectivity index (χ4n) is 4.13. The topological polar surface area (TPSA) is 47.4 Å². The molecule has 1 saturated heterocycles.